The summed E-state index contributed by atoms with van der Waals surface area (Å²) in [5, 5.41) is 20.0. The summed E-state index contributed by atoms with van der Waals surface area (Å²) in [7, 11) is 0. The third-order valence-corrected chi connectivity index (χ3v) is 5.09. The van der Waals surface area contributed by atoms with E-state index in [2.05, 4.69) is 25.7 Å². The summed E-state index contributed by atoms with van der Waals surface area (Å²) < 4.78 is 1.73. The zero-order valence-corrected chi connectivity index (χ0v) is 17.0. The molecule has 8 nitrogen and oxygen atoms in total. The smallest absolute Gasteiger partial charge is 0.255 e. The molecular formula is C22H24N6O2. The molecule has 0 radical (unpaired) electrons. The zero-order chi connectivity index (χ0) is 21.1. The number of aliphatic hydroxyl groups is 1. The monoisotopic (exact) mass is 404 g/mol. The molecule has 30 heavy (non-hydrogen) atoms. The Bertz CT molecular complexity index is 1090. The number of carbonyl (C=O) groups excluding carboxylic acids is 1. The number of aryl methyl sites for hydroxylation is 2. The highest BCUT2D eigenvalue weighted by Gasteiger charge is 2.34. The fourth-order valence-electron chi connectivity index (χ4n) is 3.58. The van der Waals surface area contributed by atoms with Crippen molar-refractivity contribution in [1.82, 2.24) is 19.7 Å². The lowest BCUT2D eigenvalue weighted by Gasteiger charge is -2.28. The number of hydrogen-bond donors (Lipinski definition) is 3. The van der Waals surface area contributed by atoms with Gasteiger partial charge in [-0.25, -0.2) is 4.68 Å². The third kappa shape index (κ3) is 3.81. The van der Waals surface area contributed by atoms with Crippen LogP contribution in [0.1, 0.15) is 36.3 Å². The Morgan fingerprint density at radius 3 is 2.80 bits per heavy atom. The second-order valence-electron chi connectivity index (χ2n) is 7.24. The number of allylic oxidation sites excluding steroid dienone is 1. The minimum Gasteiger partial charge on any atom is -0.396 e. The number of pyridine rings is 1. The molecule has 0 bridgehead atoms. The molecule has 2 aromatic heterocycles. The number of nitrogens with one attached hydrogen (secondary N) is 2. The Balaban J connectivity index is 1.75. The van der Waals surface area contributed by atoms with E-state index in [0.29, 0.717) is 35.9 Å². The number of hydrogen-bond acceptors (Lipinski definition) is 6. The summed E-state index contributed by atoms with van der Waals surface area (Å²) in [5.41, 5.74) is 3.85. The third-order valence-electron chi connectivity index (χ3n) is 5.09. The Morgan fingerprint density at radius 2 is 2.07 bits per heavy atom. The van der Waals surface area contributed by atoms with Crippen LogP contribution in [0.25, 0.3) is 0 Å². The maximum absolute atomic E-state index is 13.4. The molecule has 1 atom stereocenters. The van der Waals surface area contributed by atoms with Gasteiger partial charge in [-0.05, 0) is 43.5 Å². The van der Waals surface area contributed by atoms with Crippen LogP contribution in [0.3, 0.4) is 0 Å². The van der Waals surface area contributed by atoms with Crippen molar-refractivity contribution in [3.05, 3.63) is 77.0 Å². The molecule has 1 amide bonds. The van der Waals surface area contributed by atoms with Gasteiger partial charge in [-0.3, -0.25) is 9.78 Å². The Kier molecular flexibility index (Phi) is 5.58. The Labute approximate surface area is 174 Å². The quantitative estimate of drug-likeness (QED) is 0.584. The van der Waals surface area contributed by atoms with Crippen LogP contribution in [-0.2, 0) is 11.2 Å². The molecule has 4 rings (SSSR count). The number of benzene rings is 1. The van der Waals surface area contributed by atoms with Gasteiger partial charge in [0.25, 0.3) is 5.91 Å². The molecule has 0 fully saturated rings. The summed E-state index contributed by atoms with van der Waals surface area (Å²) >= 11 is 0. The van der Waals surface area contributed by atoms with E-state index in [0.717, 1.165) is 16.8 Å². The molecule has 0 saturated heterocycles. The summed E-state index contributed by atoms with van der Waals surface area (Å²) in [4.78, 5) is 22.2. The highest BCUT2D eigenvalue weighted by atomic mass is 16.3. The molecule has 154 valence electrons. The van der Waals surface area contributed by atoms with Gasteiger partial charge in [-0.15, -0.1) is 0 Å². The van der Waals surface area contributed by atoms with Gasteiger partial charge in [0.1, 0.15) is 6.04 Å². The summed E-state index contributed by atoms with van der Waals surface area (Å²) in [6, 6.07) is 11.0. The molecule has 0 aliphatic carbocycles. The SMILES string of the molecule is CC1=C(C(=O)Nc2ccccc2C)[C@H](c2cccnc2)n2nc(CCCO)nc2N1. The van der Waals surface area contributed by atoms with Gasteiger partial charge < -0.3 is 15.7 Å². The molecule has 3 aromatic rings. The summed E-state index contributed by atoms with van der Waals surface area (Å²) in [6.45, 7) is 3.89. The van der Waals surface area contributed by atoms with Crippen molar-refractivity contribution in [3.63, 3.8) is 0 Å². The second kappa shape index (κ2) is 8.46. The first-order valence-corrected chi connectivity index (χ1v) is 9.89. The van der Waals surface area contributed by atoms with Crippen LogP contribution < -0.4 is 10.6 Å². The number of rotatable bonds is 6. The first-order valence-electron chi connectivity index (χ1n) is 9.89. The van der Waals surface area contributed by atoms with Crippen LogP contribution in [0.2, 0.25) is 0 Å². The van der Waals surface area contributed by atoms with Crippen LogP contribution in [0.4, 0.5) is 11.6 Å². The van der Waals surface area contributed by atoms with Gasteiger partial charge in [-0.2, -0.15) is 10.1 Å². The van der Waals surface area contributed by atoms with Crippen LogP contribution in [0, 0.1) is 6.92 Å². The number of para-hydroxylation sites is 1. The molecule has 1 aromatic carbocycles. The van der Waals surface area contributed by atoms with E-state index in [9.17, 15) is 4.79 Å². The average molecular weight is 404 g/mol. The zero-order valence-electron chi connectivity index (χ0n) is 17.0. The van der Waals surface area contributed by atoms with E-state index < -0.39 is 6.04 Å². The van der Waals surface area contributed by atoms with Crippen LogP contribution in [0.5, 0.6) is 0 Å². The maximum atomic E-state index is 13.4. The molecule has 0 spiro atoms. The van der Waals surface area contributed by atoms with Crippen molar-refractivity contribution in [2.75, 3.05) is 17.2 Å². The van der Waals surface area contributed by atoms with E-state index in [1.165, 1.54) is 0 Å². The minimum atomic E-state index is -0.464. The first-order chi connectivity index (χ1) is 14.6. The van der Waals surface area contributed by atoms with Gasteiger partial charge >= 0.3 is 0 Å². The van der Waals surface area contributed by atoms with Crippen molar-refractivity contribution in [1.29, 1.82) is 0 Å². The van der Waals surface area contributed by atoms with Gasteiger partial charge in [-0.1, -0.05) is 24.3 Å². The predicted octanol–water partition coefficient (Wildman–Crippen LogP) is 2.83. The molecule has 1 aliphatic rings. The lowest BCUT2D eigenvalue weighted by molar-refractivity contribution is -0.113. The van der Waals surface area contributed by atoms with Crippen molar-refractivity contribution in [2.45, 2.75) is 32.7 Å². The van der Waals surface area contributed by atoms with Gasteiger partial charge in [0.2, 0.25) is 5.95 Å². The molecule has 0 unspecified atom stereocenters. The van der Waals surface area contributed by atoms with Crippen molar-refractivity contribution < 1.29 is 9.90 Å². The number of nitrogens with zero attached hydrogens (tertiary/aromatic N) is 4. The normalized spacial score (nSPS) is 15.5. The number of anilines is 2. The molecular weight excluding hydrogens is 380 g/mol. The molecule has 3 N–H and O–H groups in total. The number of aliphatic hydroxyl groups excluding tert-OH is 1. The van der Waals surface area contributed by atoms with Crippen molar-refractivity contribution in [2.24, 2.45) is 0 Å². The highest BCUT2D eigenvalue weighted by molar-refractivity contribution is 6.06. The average Bonchev–Trinajstić information content (AvgIpc) is 3.15. The fourth-order valence-corrected chi connectivity index (χ4v) is 3.58. The highest BCUT2D eigenvalue weighted by Crippen LogP contribution is 2.35. The fraction of sp³-hybridized carbons (Fsp3) is 0.273. The van der Waals surface area contributed by atoms with Crippen LogP contribution in [0.15, 0.2) is 60.1 Å². The van der Waals surface area contributed by atoms with Crippen LogP contribution >= 0.6 is 0 Å². The summed E-state index contributed by atoms with van der Waals surface area (Å²) in [5.74, 6) is 0.983. The van der Waals surface area contributed by atoms with Gasteiger partial charge in [0.15, 0.2) is 5.82 Å². The molecule has 8 heteroatoms. The number of amides is 1. The van der Waals surface area contributed by atoms with E-state index >= 15 is 0 Å². The lowest BCUT2D eigenvalue weighted by Crippen LogP contribution is -2.31. The van der Waals surface area contributed by atoms with Gasteiger partial charge in [0, 0.05) is 36.8 Å². The molecule has 0 saturated carbocycles. The number of fused-ring (bicyclic) bond motifs is 1. The van der Waals surface area contributed by atoms with E-state index in [-0.39, 0.29) is 12.5 Å². The second-order valence-corrected chi connectivity index (χ2v) is 7.24. The summed E-state index contributed by atoms with van der Waals surface area (Å²) in [6.07, 6.45) is 4.57. The molecule has 1 aliphatic heterocycles. The van der Waals surface area contributed by atoms with Gasteiger partial charge in [0.05, 0.1) is 5.57 Å². The maximum Gasteiger partial charge on any atom is 0.255 e. The topological polar surface area (TPSA) is 105 Å². The number of aromatic nitrogens is 4. The van der Waals surface area contributed by atoms with E-state index in [1.54, 1.807) is 17.1 Å². The minimum absolute atomic E-state index is 0.0741. The number of carbonyl (C=O) groups is 1. The largest absolute Gasteiger partial charge is 0.396 e. The Morgan fingerprint density at radius 1 is 1.23 bits per heavy atom. The first kappa shape index (κ1) is 19.8. The molecule has 3 heterocycles. The van der Waals surface area contributed by atoms with E-state index in [1.807, 2.05) is 50.2 Å². The van der Waals surface area contributed by atoms with Crippen molar-refractivity contribution >= 4 is 17.5 Å². The standard InChI is InChI=1S/C22H24N6O2/c1-14-7-3-4-9-17(14)25-21(30)19-15(2)24-22-26-18(10-6-12-29)27-28(22)20(19)16-8-5-11-23-13-16/h3-5,7-9,11,13,20,29H,6,10,12H2,1-2H3,(H,25,30)(H,24,26,27)/t20-/m0/s1. The van der Waals surface area contributed by atoms with Crippen LogP contribution in [-0.4, -0.2) is 37.4 Å². The predicted molar refractivity (Wildman–Crippen MR) is 114 cm³/mol. The Hall–Kier alpha value is -3.52. The lowest BCUT2D eigenvalue weighted by atomic mass is 9.96. The van der Waals surface area contributed by atoms with Crippen molar-refractivity contribution in [3.8, 4) is 0 Å². The van der Waals surface area contributed by atoms with E-state index in [4.69, 9.17) is 5.11 Å².